The van der Waals surface area contributed by atoms with Gasteiger partial charge >= 0.3 is 0 Å². The summed E-state index contributed by atoms with van der Waals surface area (Å²) >= 11 is 0. The molecule has 1 amide bonds. The second-order valence-electron chi connectivity index (χ2n) is 7.00. The summed E-state index contributed by atoms with van der Waals surface area (Å²) in [6.07, 6.45) is 8.69. The molecule has 0 bridgehead atoms. The van der Waals surface area contributed by atoms with Gasteiger partial charge in [0, 0.05) is 19.0 Å². The smallest absolute Gasteiger partial charge is 0.223 e. The average Bonchev–Trinajstić information content (AvgIpc) is 2.44. The normalized spacial score (nSPS) is 25.4. The van der Waals surface area contributed by atoms with Crippen molar-refractivity contribution in [3.05, 3.63) is 11.1 Å². The fraction of sp³-hybridized carbons (Fsp3) is 0.842. The fourth-order valence-electron chi connectivity index (χ4n) is 3.26. The summed E-state index contributed by atoms with van der Waals surface area (Å²) in [4.78, 5) is 14.9. The van der Waals surface area contributed by atoms with E-state index in [-0.39, 0.29) is 0 Å². The van der Waals surface area contributed by atoms with Gasteiger partial charge in [0.1, 0.15) is 0 Å². The van der Waals surface area contributed by atoms with Gasteiger partial charge in [-0.1, -0.05) is 44.8 Å². The highest BCUT2D eigenvalue weighted by Crippen LogP contribution is 2.26. The zero-order valence-electron chi connectivity index (χ0n) is 14.9. The van der Waals surface area contributed by atoms with Gasteiger partial charge in [-0.05, 0) is 51.9 Å². The summed E-state index contributed by atoms with van der Waals surface area (Å²) in [5.74, 6) is 0.895. The minimum Gasteiger partial charge on any atom is -0.339 e. The van der Waals surface area contributed by atoms with Crippen LogP contribution in [-0.2, 0) is 4.79 Å². The second-order valence-corrected chi connectivity index (χ2v) is 7.00. The van der Waals surface area contributed by atoms with E-state index in [9.17, 15) is 4.79 Å². The van der Waals surface area contributed by atoms with Crippen LogP contribution in [0.25, 0.3) is 0 Å². The maximum atomic E-state index is 12.7. The number of allylic oxidation sites excluding steroid dienone is 1. The highest BCUT2D eigenvalue weighted by molar-refractivity contribution is 5.76. The lowest BCUT2D eigenvalue weighted by Gasteiger charge is -2.34. The topological polar surface area (TPSA) is 20.3 Å². The van der Waals surface area contributed by atoms with Gasteiger partial charge in [-0.15, -0.1) is 0 Å². The van der Waals surface area contributed by atoms with E-state index in [0.29, 0.717) is 17.9 Å². The molecule has 0 saturated heterocycles. The number of unbranched alkanes of at least 4 members (excludes halogenated alkanes) is 1. The zero-order chi connectivity index (χ0) is 15.8. The summed E-state index contributed by atoms with van der Waals surface area (Å²) in [5.41, 5.74) is 3.06. The van der Waals surface area contributed by atoms with E-state index in [1.165, 1.54) is 5.57 Å². The molecule has 2 nitrogen and oxygen atoms in total. The van der Waals surface area contributed by atoms with E-state index >= 15 is 0 Å². The van der Waals surface area contributed by atoms with Crippen LogP contribution in [0.15, 0.2) is 11.1 Å². The molecule has 1 rings (SSSR count). The fourth-order valence-corrected chi connectivity index (χ4v) is 3.26. The molecule has 21 heavy (non-hydrogen) atoms. The lowest BCUT2D eigenvalue weighted by atomic mass is 9.90. The van der Waals surface area contributed by atoms with Crippen molar-refractivity contribution in [2.75, 3.05) is 6.54 Å². The van der Waals surface area contributed by atoms with Crippen molar-refractivity contribution in [3.63, 3.8) is 0 Å². The summed E-state index contributed by atoms with van der Waals surface area (Å²) < 4.78 is 0. The molecule has 0 fully saturated rings. The van der Waals surface area contributed by atoms with E-state index in [0.717, 1.165) is 57.9 Å². The molecule has 0 aromatic rings. The van der Waals surface area contributed by atoms with Gasteiger partial charge in [0.25, 0.3) is 0 Å². The molecule has 2 atom stereocenters. The number of hydrogen-bond donors (Lipinski definition) is 0. The minimum absolute atomic E-state index is 0.391. The molecule has 0 N–H and O–H groups in total. The molecular formula is C19H35NO. The number of amides is 1. The van der Waals surface area contributed by atoms with Crippen molar-refractivity contribution in [2.24, 2.45) is 5.92 Å². The van der Waals surface area contributed by atoms with Gasteiger partial charge in [0.05, 0.1) is 0 Å². The molecular weight excluding hydrogens is 258 g/mol. The lowest BCUT2D eigenvalue weighted by Crippen LogP contribution is -2.42. The number of carbonyl (C=O) groups is 1. The largest absolute Gasteiger partial charge is 0.339 e. The zero-order valence-corrected chi connectivity index (χ0v) is 14.9. The van der Waals surface area contributed by atoms with Crippen molar-refractivity contribution in [3.8, 4) is 0 Å². The maximum Gasteiger partial charge on any atom is 0.223 e. The lowest BCUT2D eigenvalue weighted by molar-refractivity contribution is -0.134. The maximum absolute atomic E-state index is 12.7. The van der Waals surface area contributed by atoms with Crippen LogP contribution >= 0.6 is 0 Å². The Labute approximate surface area is 132 Å². The van der Waals surface area contributed by atoms with Crippen LogP contribution in [0.3, 0.4) is 0 Å². The third-order valence-electron chi connectivity index (χ3n) is 4.94. The van der Waals surface area contributed by atoms with Crippen LogP contribution in [0.4, 0.5) is 0 Å². The van der Waals surface area contributed by atoms with Crippen LogP contribution in [-0.4, -0.2) is 23.4 Å². The predicted octanol–water partition coefficient (Wildman–Crippen LogP) is 5.33. The second kappa shape index (κ2) is 9.27. The standard InChI is InChI=1S/C19H35NO/c1-6-8-12-20-18(9-7-2)14-17(5)16(4)11-10-15(3)13-19(20)21/h15,18H,6-14H2,1-5H3/t15-,18?/m0/s1. The predicted molar refractivity (Wildman–Crippen MR) is 91.3 cm³/mol. The molecule has 1 heterocycles. The Morgan fingerprint density at radius 1 is 1.10 bits per heavy atom. The summed E-state index contributed by atoms with van der Waals surface area (Å²) in [6.45, 7) is 12.2. The van der Waals surface area contributed by atoms with Crippen molar-refractivity contribution in [1.82, 2.24) is 4.90 Å². The first-order valence-corrected chi connectivity index (χ1v) is 8.94. The van der Waals surface area contributed by atoms with E-state index in [1.54, 1.807) is 5.57 Å². The number of hydrogen-bond acceptors (Lipinski definition) is 1. The van der Waals surface area contributed by atoms with Gasteiger partial charge in [0.2, 0.25) is 5.91 Å². The Hall–Kier alpha value is -0.790. The van der Waals surface area contributed by atoms with E-state index in [2.05, 4.69) is 39.5 Å². The third kappa shape index (κ3) is 5.84. The van der Waals surface area contributed by atoms with E-state index in [1.807, 2.05) is 0 Å². The highest BCUT2D eigenvalue weighted by atomic mass is 16.2. The molecule has 0 aromatic heterocycles. The van der Waals surface area contributed by atoms with Gasteiger partial charge in [-0.2, -0.15) is 0 Å². The van der Waals surface area contributed by atoms with Crippen LogP contribution < -0.4 is 0 Å². The van der Waals surface area contributed by atoms with Crippen molar-refractivity contribution < 1.29 is 4.79 Å². The van der Waals surface area contributed by atoms with Crippen molar-refractivity contribution in [1.29, 1.82) is 0 Å². The first-order valence-electron chi connectivity index (χ1n) is 8.94. The van der Waals surface area contributed by atoms with Crippen LogP contribution in [0.5, 0.6) is 0 Å². The average molecular weight is 293 g/mol. The van der Waals surface area contributed by atoms with Gasteiger partial charge < -0.3 is 4.90 Å². The molecule has 0 radical (unpaired) electrons. The Morgan fingerprint density at radius 2 is 1.81 bits per heavy atom. The van der Waals surface area contributed by atoms with Gasteiger partial charge in [-0.3, -0.25) is 4.79 Å². The molecule has 122 valence electrons. The molecule has 0 saturated carbocycles. The van der Waals surface area contributed by atoms with Gasteiger partial charge in [0.15, 0.2) is 0 Å². The van der Waals surface area contributed by atoms with Crippen LogP contribution in [0.2, 0.25) is 0 Å². The summed E-state index contributed by atoms with van der Waals surface area (Å²) in [6, 6.07) is 0.411. The Bertz CT molecular complexity index is 359. The third-order valence-corrected chi connectivity index (χ3v) is 4.94. The first-order chi connectivity index (χ1) is 9.99. The van der Waals surface area contributed by atoms with Crippen molar-refractivity contribution in [2.45, 2.75) is 92.0 Å². The van der Waals surface area contributed by atoms with Crippen LogP contribution in [0, 0.1) is 5.92 Å². The molecule has 0 spiro atoms. The van der Waals surface area contributed by atoms with Crippen LogP contribution in [0.1, 0.15) is 86.0 Å². The van der Waals surface area contributed by atoms with E-state index in [4.69, 9.17) is 0 Å². The quantitative estimate of drug-likeness (QED) is 0.627. The molecule has 0 aromatic carbocycles. The molecule has 1 aliphatic heterocycles. The summed E-state index contributed by atoms with van der Waals surface area (Å²) in [5, 5.41) is 0. The van der Waals surface area contributed by atoms with Crippen molar-refractivity contribution >= 4 is 5.91 Å². The molecule has 1 unspecified atom stereocenters. The van der Waals surface area contributed by atoms with E-state index < -0.39 is 0 Å². The number of rotatable bonds is 5. The molecule has 1 aliphatic rings. The number of nitrogens with zero attached hydrogens (tertiary/aromatic N) is 1. The Balaban J connectivity index is 2.99. The Kier molecular flexibility index (Phi) is 8.06. The first kappa shape index (κ1) is 18.3. The minimum atomic E-state index is 0.391. The highest BCUT2D eigenvalue weighted by Gasteiger charge is 2.25. The SMILES string of the molecule is CCCCN1C(=O)C[C@@H](C)CCC(C)=C(C)CC1CCC. The Morgan fingerprint density at radius 3 is 2.43 bits per heavy atom. The van der Waals surface area contributed by atoms with Gasteiger partial charge in [-0.25, -0.2) is 0 Å². The summed E-state index contributed by atoms with van der Waals surface area (Å²) in [7, 11) is 0. The molecule has 2 heteroatoms. The number of carbonyl (C=O) groups excluding carboxylic acids is 1. The molecule has 0 aliphatic carbocycles. The monoisotopic (exact) mass is 293 g/mol.